The van der Waals surface area contributed by atoms with Crippen molar-refractivity contribution < 1.29 is 14.3 Å². The SMILES string of the molecule is CNC(=O)Nc1ccc(-c2nc(N3CCOCC3)c3c(n2)N2CCOCC2C3)cn1. The maximum atomic E-state index is 11.5. The molecule has 10 heteroatoms. The van der Waals surface area contributed by atoms with Crippen LogP contribution in [0, 0.1) is 0 Å². The van der Waals surface area contributed by atoms with E-state index in [-0.39, 0.29) is 6.03 Å². The van der Waals surface area contributed by atoms with Gasteiger partial charge in [0.25, 0.3) is 0 Å². The van der Waals surface area contributed by atoms with Gasteiger partial charge in [-0.2, -0.15) is 0 Å². The van der Waals surface area contributed by atoms with Crippen molar-refractivity contribution in [1.82, 2.24) is 20.3 Å². The van der Waals surface area contributed by atoms with Gasteiger partial charge in [0, 0.05) is 50.4 Å². The molecule has 3 aliphatic rings. The number of morpholine rings is 2. The molecule has 158 valence electrons. The van der Waals surface area contributed by atoms with Crippen LogP contribution < -0.4 is 20.4 Å². The van der Waals surface area contributed by atoms with Crippen molar-refractivity contribution in [2.24, 2.45) is 0 Å². The van der Waals surface area contributed by atoms with Crippen molar-refractivity contribution in [3.63, 3.8) is 0 Å². The van der Waals surface area contributed by atoms with Gasteiger partial charge in [-0.1, -0.05) is 0 Å². The van der Waals surface area contributed by atoms with Crippen molar-refractivity contribution in [2.75, 3.05) is 68.2 Å². The molecular formula is C20H25N7O3. The number of fused-ring (bicyclic) bond motifs is 3. The molecule has 0 bridgehead atoms. The van der Waals surface area contributed by atoms with Crippen molar-refractivity contribution >= 4 is 23.5 Å². The molecule has 5 heterocycles. The second-order valence-electron chi connectivity index (χ2n) is 7.53. The van der Waals surface area contributed by atoms with E-state index in [9.17, 15) is 4.79 Å². The Hall–Kier alpha value is -2.98. The standard InChI is InChI=1S/C20H25N7O3/c1-21-20(28)23-16-3-2-13(11-22-16)17-24-18(26-4-7-29-8-5-26)15-10-14-12-30-9-6-27(14)19(15)25-17/h2-3,11,14H,4-10,12H2,1H3,(H2,21,22,23,28). The zero-order valence-corrected chi connectivity index (χ0v) is 16.9. The van der Waals surface area contributed by atoms with E-state index in [4.69, 9.17) is 19.4 Å². The molecule has 1 atom stereocenters. The summed E-state index contributed by atoms with van der Waals surface area (Å²) < 4.78 is 11.2. The van der Waals surface area contributed by atoms with Gasteiger partial charge in [-0.05, 0) is 12.1 Å². The van der Waals surface area contributed by atoms with E-state index in [0.717, 1.165) is 49.9 Å². The lowest BCUT2D eigenvalue weighted by atomic mass is 10.1. The summed E-state index contributed by atoms with van der Waals surface area (Å²) in [5.74, 6) is 3.10. The first-order valence-electron chi connectivity index (χ1n) is 10.3. The Balaban J connectivity index is 1.52. The van der Waals surface area contributed by atoms with Crippen LogP contribution in [0.15, 0.2) is 18.3 Å². The first kappa shape index (κ1) is 19.0. The summed E-state index contributed by atoms with van der Waals surface area (Å²) in [5.41, 5.74) is 2.01. The van der Waals surface area contributed by atoms with Gasteiger partial charge in [0.15, 0.2) is 5.82 Å². The molecular weight excluding hydrogens is 386 g/mol. The van der Waals surface area contributed by atoms with Gasteiger partial charge in [0.05, 0.1) is 32.5 Å². The molecule has 2 fully saturated rings. The zero-order chi connectivity index (χ0) is 20.5. The van der Waals surface area contributed by atoms with Crippen molar-refractivity contribution in [2.45, 2.75) is 12.5 Å². The fourth-order valence-electron chi connectivity index (χ4n) is 4.16. The van der Waals surface area contributed by atoms with Crippen LogP contribution in [-0.2, 0) is 15.9 Å². The van der Waals surface area contributed by atoms with Gasteiger partial charge in [-0.3, -0.25) is 5.32 Å². The number of carbonyl (C=O) groups is 1. The molecule has 10 nitrogen and oxygen atoms in total. The molecule has 0 aromatic carbocycles. The Bertz CT molecular complexity index is 931. The number of pyridine rings is 1. The molecule has 0 saturated carbocycles. The summed E-state index contributed by atoms with van der Waals surface area (Å²) in [6.07, 6.45) is 2.59. The molecule has 30 heavy (non-hydrogen) atoms. The third kappa shape index (κ3) is 3.52. The van der Waals surface area contributed by atoms with E-state index in [0.29, 0.717) is 37.5 Å². The molecule has 0 aliphatic carbocycles. The first-order chi connectivity index (χ1) is 14.7. The molecule has 5 rings (SSSR count). The number of nitrogens with zero attached hydrogens (tertiary/aromatic N) is 5. The highest BCUT2D eigenvalue weighted by atomic mass is 16.5. The Morgan fingerprint density at radius 3 is 2.67 bits per heavy atom. The van der Waals surface area contributed by atoms with Gasteiger partial charge >= 0.3 is 6.03 Å². The highest BCUT2D eigenvalue weighted by Gasteiger charge is 2.37. The molecule has 0 radical (unpaired) electrons. The number of carbonyl (C=O) groups excluding carboxylic acids is 1. The molecule has 2 aromatic heterocycles. The van der Waals surface area contributed by atoms with Gasteiger partial charge in [-0.15, -0.1) is 0 Å². The predicted octanol–water partition coefficient (Wildman–Crippen LogP) is 0.888. The lowest BCUT2D eigenvalue weighted by Crippen LogP contribution is -2.43. The van der Waals surface area contributed by atoms with Crippen LogP contribution in [-0.4, -0.2) is 80.1 Å². The van der Waals surface area contributed by atoms with E-state index in [2.05, 4.69) is 25.4 Å². The average Bonchev–Trinajstić information content (AvgIpc) is 3.18. The number of rotatable bonds is 3. The molecule has 2 N–H and O–H groups in total. The van der Waals surface area contributed by atoms with Crippen LogP contribution in [0.2, 0.25) is 0 Å². The fourth-order valence-corrected chi connectivity index (χ4v) is 4.16. The number of hydrogen-bond acceptors (Lipinski definition) is 8. The summed E-state index contributed by atoms with van der Waals surface area (Å²) in [5, 5.41) is 5.18. The second-order valence-corrected chi connectivity index (χ2v) is 7.53. The molecule has 0 spiro atoms. The smallest absolute Gasteiger partial charge is 0.320 e. The van der Waals surface area contributed by atoms with Gasteiger partial charge in [0.2, 0.25) is 0 Å². The van der Waals surface area contributed by atoms with E-state index >= 15 is 0 Å². The van der Waals surface area contributed by atoms with Crippen LogP contribution in [0.1, 0.15) is 5.56 Å². The normalized spacial score (nSPS) is 20.5. The van der Waals surface area contributed by atoms with Crippen LogP contribution in [0.25, 0.3) is 11.4 Å². The predicted molar refractivity (Wildman–Crippen MR) is 112 cm³/mol. The lowest BCUT2D eigenvalue weighted by Gasteiger charge is -2.31. The maximum Gasteiger partial charge on any atom is 0.320 e. The van der Waals surface area contributed by atoms with Gasteiger partial charge in [-0.25, -0.2) is 19.7 Å². The third-order valence-electron chi connectivity index (χ3n) is 5.70. The van der Waals surface area contributed by atoms with Crippen LogP contribution in [0.3, 0.4) is 0 Å². The molecule has 2 amide bonds. The zero-order valence-electron chi connectivity index (χ0n) is 16.9. The number of nitrogens with one attached hydrogen (secondary N) is 2. The van der Waals surface area contributed by atoms with Gasteiger partial charge < -0.3 is 24.6 Å². The lowest BCUT2D eigenvalue weighted by molar-refractivity contribution is 0.0973. The maximum absolute atomic E-state index is 11.5. The topological polar surface area (TPSA) is 105 Å². The second kappa shape index (κ2) is 8.04. The summed E-state index contributed by atoms with van der Waals surface area (Å²) in [6.45, 7) is 5.30. The monoisotopic (exact) mass is 411 g/mol. The highest BCUT2D eigenvalue weighted by molar-refractivity contribution is 5.88. The minimum Gasteiger partial charge on any atom is -0.378 e. The summed E-state index contributed by atoms with van der Waals surface area (Å²) >= 11 is 0. The number of urea groups is 1. The van der Waals surface area contributed by atoms with Crippen LogP contribution in [0.5, 0.6) is 0 Å². The minimum absolute atomic E-state index is 0.308. The van der Waals surface area contributed by atoms with Crippen molar-refractivity contribution in [3.8, 4) is 11.4 Å². The van der Waals surface area contributed by atoms with E-state index in [1.54, 1.807) is 19.3 Å². The Morgan fingerprint density at radius 2 is 1.90 bits per heavy atom. The number of anilines is 3. The molecule has 3 aliphatic heterocycles. The molecule has 2 aromatic rings. The highest BCUT2D eigenvalue weighted by Crippen LogP contribution is 2.39. The minimum atomic E-state index is -0.308. The number of hydrogen-bond donors (Lipinski definition) is 2. The van der Waals surface area contributed by atoms with Crippen LogP contribution >= 0.6 is 0 Å². The summed E-state index contributed by atoms with van der Waals surface area (Å²) in [4.78, 5) is 30.4. The average molecular weight is 411 g/mol. The third-order valence-corrected chi connectivity index (χ3v) is 5.70. The van der Waals surface area contributed by atoms with E-state index in [1.807, 2.05) is 6.07 Å². The largest absolute Gasteiger partial charge is 0.378 e. The van der Waals surface area contributed by atoms with Crippen molar-refractivity contribution in [1.29, 1.82) is 0 Å². The number of ether oxygens (including phenoxy) is 2. The Labute approximate surface area is 174 Å². The number of amides is 2. The van der Waals surface area contributed by atoms with Gasteiger partial charge in [0.1, 0.15) is 17.5 Å². The van der Waals surface area contributed by atoms with E-state index < -0.39 is 0 Å². The summed E-state index contributed by atoms with van der Waals surface area (Å²) in [7, 11) is 1.56. The molecule has 2 saturated heterocycles. The van der Waals surface area contributed by atoms with Crippen LogP contribution in [0.4, 0.5) is 22.2 Å². The van der Waals surface area contributed by atoms with Crippen molar-refractivity contribution in [3.05, 3.63) is 23.9 Å². The Kier molecular flexibility index (Phi) is 5.09. The van der Waals surface area contributed by atoms with E-state index in [1.165, 1.54) is 5.56 Å². The summed E-state index contributed by atoms with van der Waals surface area (Å²) in [6, 6.07) is 3.65. The first-order valence-corrected chi connectivity index (χ1v) is 10.3. The fraction of sp³-hybridized carbons (Fsp3) is 0.500. The quantitative estimate of drug-likeness (QED) is 0.767. The molecule has 1 unspecified atom stereocenters. The number of aromatic nitrogens is 3. The Morgan fingerprint density at radius 1 is 1.10 bits per heavy atom.